The van der Waals surface area contributed by atoms with E-state index in [0.717, 1.165) is 27.2 Å². The van der Waals surface area contributed by atoms with Gasteiger partial charge in [-0.05, 0) is 62.3 Å². The number of aliphatic hydroxyl groups excluding tert-OH is 1. The lowest BCUT2D eigenvalue weighted by Crippen LogP contribution is -2.54. The predicted molar refractivity (Wildman–Crippen MR) is 200 cm³/mol. The Morgan fingerprint density at radius 2 is 1.53 bits per heavy atom. The zero-order valence-electron chi connectivity index (χ0n) is 30.3. The average Bonchev–Trinajstić information content (AvgIpc) is 3.46. The lowest BCUT2D eigenvalue weighted by molar-refractivity contribution is -0.148. The first-order chi connectivity index (χ1) is 25.4. The van der Waals surface area contributed by atoms with Crippen LogP contribution >= 0.6 is 11.6 Å². The van der Waals surface area contributed by atoms with Gasteiger partial charge in [0.15, 0.2) is 0 Å². The summed E-state index contributed by atoms with van der Waals surface area (Å²) in [6.07, 6.45) is -0.0992. The highest BCUT2D eigenvalue weighted by molar-refractivity contribution is 6.20. The van der Waals surface area contributed by atoms with Crippen LogP contribution in [0, 0.1) is 0 Å². The molecule has 0 saturated carbocycles. The van der Waals surface area contributed by atoms with E-state index in [0.29, 0.717) is 18.4 Å². The highest BCUT2D eigenvalue weighted by Crippen LogP contribution is 2.44. The maximum atomic E-state index is 14.1. The van der Waals surface area contributed by atoms with Crippen LogP contribution in [0.25, 0.3) is 11.1 Å². The number of unbranched alkanes of at least 4 members (excludes halogenated alkanes) is 1. The summed E-state index contributed by atoms with van der Waals surface area (Å²) in [5.74, 6) is -0.985. The van der Waals surface area contributed by atoms with Gasteiger partial charge in [-0.3, -0.25) is 4.90 Å². The van der Waals surface area contributed by atoms with Gasteiger partial charge in [-0.25, -0.2) is 19.2 Å². The van der Waals surface area contributed by atoms with Gasteiger partial charge in [0.2, 0.25) is 5.56 Å². The topological polar surface area (TPSA) is 153 Å². The van der Waals surface area contributed by atoms with Gasteiger partial charge < -0.3 is 34.7 Å². The molecule has 3 aromatic carbocycles. The Morgan fingerprint density at radius 3 is 2.13 bits per heavy atom. The molecule has 0 aliphatic heterocycles. The molecule has 1 unspecified atom stereocenters. The van der Waals surface area contributed by atoms with Crippen molar-refractivity contribution in [2.45, 2.75) is 69.2 Å². The number of ether oxygens (including phenoxy) is 4. The molecule has 284 valence electrons. The van der Waals surface area contributed by atoms with E-state index in [1.54, 1.807) is 45.0 Å². The van der Waals surface area contributed by atoms with Crippen molar-refractivity contribution in [1.29, 1.82) is 0 Å². The molecule has 0 fully saturated rings. The average molecular weight is 750 g/mol. The van der Waals surface area contributed by atoms with Crippen LogP contribution in [0.4, 0.5) is 14.4 Å². The van der Waals surface area contributed by atoms with Gasteiger partial charge in [0.05, 0.1) is 12.6 Å². The van der Waals surface area contributed by atoms with E-state index >= 15 is 0 Å². The predicted octanol–water partition coefficient (Wildman–Crippen LogP) is 7.06. The molecule has 0 aromatic heterocycles. The molecule has 1 aliphatic carbocycles. The Morgan fingerprint density at radius 1 is 0.906 bits per heavy atom. The second kappa shape index (κ2) is 19.7. The van der Waals surface area contributed by atoms with Crippen LogP contribution in [0.1, 0.15) is 68.2 Å². The number of alkyl carbamates (subject to hydrolysis) is 2. The molecular formula is C40H48ClN3O9. The molecular weight excluding hydrogens is 702 g/mol. The number of benzene rings is 3. The SMILES string of the molecule is C=CCOC(=O)[C@H](CCCCNC(=O)OC(Cl)c1ccccc1)N(C[C@@H](CO)NC(=O)OC(C)(C)C)C(=O)OCC1c2ccccc2-c2ccccc21. The summed E-state index contributed by atoms with van der Waals surface area (Å²) in [6, 6.07) is 22.5. The number of amides is 3. The number of nitrogens with one attached hydrogen (secondary N) is 2. The van der Waals surface area contributed by atoms with E-state index in [1.807, 2.05) is 54.6 Å². The first-order valence-electron chi connectivity index (χ1n) is 17.5. The van der Waals surface area contributed by atoms with Crippen molar-refractivity contribution >= 4 is 35.8 Å². The summed E-state index contributed by atoms with van der Waals surface area (Å²) in [5.41, 5.74) is 2.94. The zero-order chi connectivity index (χ0) is 38.4. The third kappa shape index (κ3) is 12.0. The number of fused-ring (bicyclic) bond motifs is 3. The quantitative estimate of drug-likeness (QED) is 0.0433. The zero-order valence-corrected chi connectivity index (χ0v) is 31.1. The Hall–Kier alpha value is -5.07. The minimum Gasteiger partial charge on any atom is -0.460 e. The number of carbonyl (C=O) groups is 4. The van der Waals surface area contributed by atoms with Gasteiger partial charge in [-0.2, -0.15) is 0 Å². The summed E-state index contributed by atoms with van der Waals surface area (Å²) >= 11 is 6.21. The van der Waals surface area contributed by atoms with E-state index in [9.17, 15) is 24.3 Å². The molecule has 0 radical (unpaired) electrons. The van der Waals surface area contributed by atoms with Crippen molar-refractivity contribution < 1.29 is 43.2 Å². The van der Waals surface area contributed by atoms with Crippen molar-refractivity contribution in [3.05, 3.63) is 108 Å². The maximum absolute atomic E-state index is 14.1. The maximum Gasteiger partial charge on any atom is 0.410 e. The van der Waals surface area contributed by atoms with Crippen molar-refractivity contribution in [2.24, 2.45) is 0 Å². The molecule has 0 bridgehead atoms. The van der Waals surface area contributed by atoms with Crippen molar-refractivity contribution in [2.75, 3.05) is 32.9 Å². The summed E-state index contributed by atoms with van der Waals surface area (Å²) < 4.78 is 22.0. The Labute approximate surface area is 315 Å². The minimum absolute atomic E-state index is 0.0301. The van der Waals surface area contributed by atoms with Crippen LogP contribution in [-0.2, 0) is 23.7 Å². The number of halogens is 1. The van der Waals surface area contributed by atoms with Gasteiger partial charge in [-0.15, -0.1) is 0 Å². The highest BCUT2D eigenvalue weighted by atomic mass is 35.5. The normalized spacial score (nSPS) is 13.7. The molecule has 0 heterocycles. The fourth-order valence-electron chi connectivity index (χ4n) is 5.97. The van der Waals surface area contributed by atoms with Crippen LogP contribution < -0.4 is 10.6 Å². The fourth-order valence-corrected chi connectivity index (χ4v) is 6.19. The Bertz CT molecular complexity index is 1650. The largest absolute Gasteiger partial charge is 0.460 e. The standard InChI is InChI=1S/C40H48ClN3O9/c1-5-23-50-36(46)34(21-13-14-22-42-37(47)52-35(41)27-15-7-6-8-16-27)44(24-28(25-45)43-38(48)53-40(2,3)4)39(49)51-26-33-31-19-11-9-17-29(31)30-18-10-12-20-32(30)33/h5-12,15-20,28,33-35,45H,1,13-14,21-26H2,2-4H3,(H,42,47)(H,43,48)/t28-,34-,35?/m0/s1. The first-order valence-corrected chi connectivity index (χ1v) is 18.0. The third-order valence-corrected chi connectivity index (χ3v) is 8.71. The molecule has 4 rings (SSSR count). The number of hydrogen-bond acceptors (Lipinski definition) is 9. The highest BCUT2D eigenvalue weighted by Gasteiger charge is 2.36. The van der Waals surface area contributed by atoms with E-state index < -0.39 is 54.1 Å². The van der Waals surface area contributed by atoms with Crippen LogP contribution in [0.15, 0.2) is 91.5 Å². The van der Waals surface area contributed by atoms with Crippen LogP contribution in [0.5, 0.6) is 0 Å². The van der Waals surface area contributed by atoms with Crippen molar-refractivity contribution in [1.82, 2.24) is 15.5 Å². The van der Waals surface area contributed by atoms with Crippen molar-refractivity contribution in [3.63, 3.8) is 0 Å². The molecule has 12 nitrogen and oxygen atoms in total. The molecule has 3 aromatic rings. The van der Waals surface area contributed by atoms with Gasteiger partial charge in [0, 0.05) is 24.6 Å². The number of rotatable bonds is 17. The number of carbonyl (C=O) groups excluding carboxylic acids is 4. The molecule has 3 amide bonds. The second-order valence-corrected chi connectivity index (χ2v) is 13.9. The summed E-state index contributed by atoms with van der Waals surface area (Å²) in [7, 11) is 0. The number of aliphatic hydroxyl groups is 1. The van der Waals surface area contributed by atoms with Gasteiger partial charge >= 0.3 is 24.2 Å². The Balaban J connectivity index is 1.49. The molecule has 0 saturated heterocycles. The summed E-state index contributed by atoms with van der Waals surface area (Å²) in [6.45, 7) is 7.87. The number of hydrogen-bond donors (Lipinski definition) is 3. The summed E-state index contributed by atoms with van der Waals surface area (Å²) in [4.78, 5) is 53.8. The lowest BCUT2D eigenvalue weighted by Gasteiger charge is -2.33. The monoisotopic (exact) mass is 749 g/mol. The van der Waals surface area contributed by atoms with Crippen LogP contribution in [0.2, 0.25) is 0 Å². The van der Waals surface area contributed by atoms with E-state index in [-0.39, 0.29) is 38.6 Å². The molecule has 3 N–H and O–H groups in total. The smallest absolute Gasteiger partial charge is 0.410 e. The third-order valence-electron chi connectivity index (χ3n) is 8.37. The number of nitrogens with zero attached hydrogens (tertiary/aromatic N) is 1. The summed E-state index contributed by atoms with van der Waals surface area (Å²) in [5, 5.41) is 15.5. The van der Waals surface area contributed by atoms with Crippen LogP contribution in [-0.4, -0.2) is 84.9 Å². The number of esters is 1. The second-order valence-electron chi connectivity index (χ2n) is 13.5. The van der Waals surface area contributed by atoms with E-state index in [2.05, 4.69) is 17.2 Å². The van der Waals surface area contributed by atoms with Gasteiger partial charge in [0.1, 0.15) is 24.9 Å². The molecule has 13 heteroatoms. The van der Waals surface area contributed by atoms with Crippen LogP contribution in [0.3, 0.4) is 0 Å². The Kier molecular flexibility index (Phi) is 15.1. The van der Waals surface area contributed by atoms with E-state index in [4.69, 9.17) is 30.5 Å². The van der Waals surface area contributed by atoms with E-state index in [1.165, 1.54) is 6.08 Å². The van der Waals surface area contributed by atoms with Crippen molar-refractivity contribution in [3.8, 4) is 11.1 Å². The fraction of sp³-hybridized carbons (Fsp3) is 0.400. The molecule has 0 spiro atoms. The van der Waals surface area contributed by atoms with Gasteiger partial charge in [-0.1, -0.05) is 103 Å². The molecule has 3 atom stereocenters. The lowest BCUT2D eigenvalue weighted by atomic mass is 9.98. The first kappa shape index (κ1) is 40.7. The molecule has 53 heavy (non-hydrogen) atoms. The number of alkyl halides is 1. The van der Waals surface area contributed by atoms with Gasteiger partial charge in [0.25, 0.3) is 0 Å². The molecule has 1 aliphatic rings. The minimum atomic E-state index is -1.18.